The van der Waals surface area contributed by atoms with Crippen LogP contribution in [0.3, 0.4) is 0 Å². The Morgan fingerprint density at radius 3 is 2.48 bits per heavy atom. The summed E-state index contributed by atoms with van der Waals surface area (Å²) >= 11 is 0. The van der Waals surface area contributed by atoms with E-state index in [1.165, 1.54) is 12.1 Å². The van der Waals surface area contributed by atoms with Gasteiger partial charge in [-0.25, -0.2) is 0 Å². The van der Waals surface area contributed by atoms with Gasteiger partial charge in [0.05, 0.1) is 12.0 Å². The number of hydrogen-bond acceptors (Lipinski definition) is 3. The lowest BCUT2D eigenvalue weighted by molar-refractivity contribution is -0.153. The molecule has 0 aromatic heterocycles. The molecule has 1 heterocycles. The summed E-state index contributed by atoms with van der Waals surface area (Å²) in [5, 5.41) is 5.89. The number of carbonyl (C=O) groups excluding carboxylic acids is 1. The number of rotatable bonds is 5. The molecular formula is C14H17F3N2O2. The first-order valence-electron chi connectivity index (χ1n) is 6.66. The van der Waals surface area contributed by atoms with E-state index in [9.17, 15) is 18.0 Å². The minimum Gasteiger partial charge on any atom is -0.484 e. The minimum atomic E-state index is -4.35. The maximum absolute atomic E-state index is 12.0. The molecular weight excluding hydrogens is 285 g/mol. The maximum Gasteiger partial charge on any atom is 0.422 e. The monoisotopic (exact) mass is 302 g/mol. The highest BCUT2D eigenvalue weighted by molar-refractivity contribution is 5.80. The molecule has 2 rings (SSSR count). The van der Waals surface area contributed by atoms with Crippen molar-refractivity contribution in [2.45, 2.75) is 19.1 Å². The summed E-state index contributed by atoms with van der Waals surface area (Å²) in [4.78, 5) is 11.8. The van der Waals surface area contributed by atoms with Crippen molar-refractivity contribution in [2.24, 2.45) is 5.92 Å². The van der Waals surface area contributed by atoms with Crippen molar-refractivity contribution >= 4 is 5.91 Å². The smallest absolute Gasteiger partial charge is 0.422 e. The van der Waals surface area contributed by atoms with Crippen molar-refractivity contribution in [1.82, 2.24) is 10.6 Å². The summed E-state index contributed by atoms with van der Waals surface area (Å²) in [7, 11) is 0. The molecule has 4 nitrogen and oxygen atoms in total. The predicted molar refractivity (Wildman–Crippen MR) is 70.9 cm³/mol. The molecule has 0 bridgehead atoms. The van der Waals surface area contributed by atoms with Crippen LogP contribution < -0.4 is 15.4 Å². The van der Waals surface area contributed by atoms with Gasteiger partial charge in [0, 0.05) is 13.1 Å². The lowest BCUT2D eigenvalue weighted by Gasteiger charge is -2.27. The summed E-state index contributed by atoms with van der Waals surface area (Å²) in [6.45, 7) is 1.88. The number of alkyl halides is 3. The number of benzene rings is 1. The predicted octanol–water partition coefficient (Wildman–Crippen LogP) is 2.02. The van der Waals surface area contributed by atoms with Crippen molar-refractivity contribution in [3.8, 4) is 5.75 Å². The van der Waals surface area contributed by atoms with Gasteiger partial charge >= 0.3 is 6.18 Å². The molecule has 1 fully saturated rings. The zero-order valence-electron chi connectivity index (χ0n) is 11.5. The third kappa shape index (κ3) is 4.63. The van der Waals surface area contributed by atoms with Gasteiger partial charge in [0.2, 0.25) is 5.91 Å². The molecule has 1 aromatic carbocycles. The van der Waals surface area contributed by atoms with Crippen molar-refractivity contribution in [3.05, 3.63) is 29.8 Å². The van der Waals surface area contributed by atoms with Crippen LogP contribution in [0.5, 0.6) is 5.75 Å². The Balaban J connectivity index is 1.87. The third-order valence-electron chi connectivity index (χ3n) is 3.29. The fourth-order valence-electron chi connectivity index (χ4n) is 1.91. The molecule has 0 saturated carbocycles. The Kier molecular flexibility index (Phi) is 4.72. The summed E-state index contributed by atoms with van der Waals surface area (Å²) in [6.07, 6.45) is -4.35. The quantitative estimate of drug-likeness (QED) is 0.875. The van der Waals surface area contributed by atoms with Crippen LogP contribution in [0.1, 0.15) is 18.5 Å². The molecule has 1 atom stereocenters. The second kappa shape index (κ2) is 6.34. The third-order valence-corrected chi connectivity index (χ3v) is 3.29. The van der Waals surface area contributed by atoms with E-state index >= 15 is 0 Å². The molecule has 21 heavy (non-hydrogen) atoms. The van der Waals surface area contributed by atoms with Crippen LogP contribution in [0, 0.1) is 5.92 Å². The number of nitrogens with one attached hydrogen (secondary N) is 2. The number of halogens is 3. The van der Waals surface area contributed by atoms with Gasteiger partial charge in [0.15, 0.2) is 6.61 Å². The molecule has 7 heteroatoms. The van der Waals surface area contributed by atoms with E-state index in [0.717, 1.165) is 5.56 Å². The lowest BCUT2D eigenvalue weighted by Crippen LogP contribution is -2.51. The van der Waals surface area contributed by atoms with Crippen LogP contribution in [-0.4, -0.2) is 31.8 Å². The average molecular weight is 302 g/mol. The van der Waals surface area contributed by atoms with Gasteiger partial charge in [-0.05, 0) is 24.6 Å². The Bertz CT molecular complexity index is 484. The van der Waals surface area contributed by atoms with E-state index in [1.54, 1.807) is 12.1 Å². The zero-order valence-corrected chi connectivity index (χ0v) is 11.5. The highest BCUT2D eigenvalue weighted by Crippen LogP contribution is 2.21. The Morgan fingerprint density at radius 1 is 1.38 bits per heavy atom. The van der Waals surface area contributed by atoms with Gasteiger partial charge in [0.1, 0.15) is 5.75 Å². The van der Waals surface area contributed by atoms with Gasteiger partial charge < -0.3 is 15.4 Å². The van der Waals surface area contributed by atoms with E-state index in [0.29, 0.717) is 13.1 Å². The minimum absolute atomic E-state index is 0.00171. The first-order valence-corrected chi connectivity index (χ1v) is 6.66. The molecule has 1 amide bonds. The fourth-order valence-corrected chi connectivity index (χ4v) is 1.91. The Labute approximate surface area is 120 Å². The second-order valence-corrected chi connectivity index (χ2v) is 5.06. The topological polar surface area (TPSA) is 50.4 Å². The van der Waals surface area contributed by atoms with Gasteiger partial charge in [0.25, 0.3) is 0 Å². The normalized spacial score (nSPS) is 17.0. The van der Waals surface area contributed by atoms with Crippen molar-refractivity contribution in [3.63, 3.8) is 0 Å². The molecule has 116 valence electrons. The number of ether oxygens (including phenoxy) is 1. The van der Waals surface area contributed by atoms with Crippen LogP contribution in [0.4, 0.5) is 13.2 Å². The molecule has 0 aliphatic carbocycles. The summed E-state index contributed by atoms with van der Waals surface area (Å²) in [6, 6.07) is 6.03. The lowest BCUT2D eigenvalue weighted by atomic mass is 10.0. The molecule has 0 spiro atoms. The molecule has 1 saturated heterocycles. The van der Waals surface area contributed by atoms with Crippen molar-refractivity contribution in [1.29, 1.82) is 0 Å². The Hall–Kier alpha value is -1.76. The highest BCUT2D eigenvalue weighted by Gasteiger charge is 2.28. The number of carbonyl (C=O) groups is 1. The molecule has 0 radical (unpaired) electrons. The summed E-state index contributed by atoms with van der Waals surface area (Å²) in [5.41, 5.74) is 0.815. The van der Waals surface area contributed by atoms with Crippen molar-refractivity contribution < 1.29 is 22.7 Å². The average Bonchev–Trinajstić information content (AvgIpc) is 2.33. The summed E-state index contributed by atoms with van der Waals surface area (Å²) in [5.74, 6) is 0.137. The van der Waals surface area contributed by atoms with Gasteiger partial charge in [-0.3, -0.25) is 4.79 Å². The SMILES string of the molecule is CC(NC(=O)C1CNC1)c1ccc(OCC(F)(F)F)cc1. The molecule has 2 N–H and O–H groups in total. The first kappa shape index (κ1) is 15.6. The number of hydrogen-bond donors (Lipinski definition) is 2. The van der Waals surface area contributed by atoms with Gasteiger partial charge in [-0.1, -0.05) is 12.1 Å². The van der Waals surface area contributed by atoms with Crippen molar-refractivity contribution in [2.75, 3.05) is 19.7 Å². The van der Waals surface area contributed by atoms with E-state index in [-0.39, 0.29) is 23.6 Å². The van der Waals surface area contributed by atoms with E-state index in [4.69, 9.17) is 0 Å². The van der Waals surface area contributed by atoms with Gasteiger partial charge in [-0.2, -0.15) is 13.2 Å². The van der Waals surface area contributed by atoms with Crippen LogP contribution in [-0.2, 0) is 4.79 Å². The van der Waals surface area contributed by atoms with Gasteiger partial charge in [-0.15, -0.1) is 0 Å². The fraction of sp³-hybridized carbons (Fsp3) is 0.500. The highest BCUT2D eigenvalue weighted by atomic mass is 19.4. The molecule has 1 aliphatic rings. The molecule has 1 aliphatic heterocycles. The van der Waals surface area contributed by atoms with E-state index in [1.807, 2.05) is 6.92 Å². The largest absolute Gasteiger partial charge is 0.484 e. The zero-order chi connectivity index (χ0) is 15.5. The maximum atomic E-state index is 12.0. The van der Waals surface area contributed by atoms with Crippen LogP contribution in [0.15, 0.2) is 24.3 Å². The van der Waals surface area contributed by atoms with Crippen LogP contribution in [0.25, 0.3) is 0 Å². The standard InChI is InChI=1S/C14H17F3N2O2/c1-9(19-13(20)11-6-18-7-11)10-2-4-12(5-3-10)21-8-14(15,16)17/h2-5,9,11,18H,6-8H2,1H3,(H,19,20). The van der Waals surface area contributed by atoms with Crippen LogP contribution >= 0.6 is 0 Å². The molecule has 1 aromatic rings. The van der Waals surface area contributed by atoms with E-state index in [2.05, 4.69) is 15.4 Å². The first-order chi connectivity index (χ1) is 9.85. The van der Waals surface area contributed by atoms with E-state index < -0.39 is 12.8 Å². The summed E-state index contributed by atoms with van der Waals surface area (Å²) < 4.78 is 40.7. The second-order valence-electron chi connectivity index (χ2n) is 5.06. The Morgan fingerprint density at radius 2 is 2.00 bits per heavy atom. The van der Waals surface area contributed by atoms with Crippen LogP contribution in [0.2, 0.25) is 0 Å². The number of amides is 1. The molecule has 1 unspecified atom stereocenters.